The highest BCUT2D eigenvalue weighted by Crippen LogP contribution is 2.33. The Hall–Kier alpha value is -2.48. The van der Waals surface area contributed by atoms with Crippen molar-refractivity contribution in [2.24, 2.45) is 0 Å². The Balaban J connectivity index is 2.38. The van der Waals surface area contributed by atoms with Gasteiger partial charge in [0.25, 0.3) is 5.69 Å². The molecule has 0 bridgehead atoms. The molecular weight excluding hydrogens is 276 g/mol. The third kappa shape index (κ3) is 2.13. The van der Waals surface area contributed by atoms with E-state index in [0.717, 1.165) is 12.0 Å². The number of benzene rings is 1. The van der Waals surface area contributed by atoms with Crippen molar-refractivity contribution in [3.05, 3.63) is 48.0 Å². The SMILES string of the molecule is CNC1CCc2c([N+](=O)[O-])cc3[nH]c(=O)c(=O)[nH]c3c2C1. The molecule has 21 heavy (non-hydrogen) atoms. The van der Waals surface area contributed by atoms with E-state index in [0.29, 0.717) is 29.4 Å². The van der Waals surface area contributed by atoms with Gasteiger partial charge in [-0.1, -0.05) is 0 Å². The Bertz CT molecular complexity index is 852. The van der Waals surface area contributed by atoms with Crippen LogP contribution in [0.5, 0.6) is 0 Å². The number of fused-ring (bicyclic) bond motifs is 3. The first-order valence-electron chi connectivity index (χ1n) is 6.64. The number of H-pyrrole nitrogens is 2. The number of aromatic amines is 2. The van der Waals surface area contributed by atoms with Crippen molar-refractivity contribution in [2.45, 2.75) is 25.3 Å². The average molecular weight is 290 g/mol. The Kier molecular flexibility index (Phi) is 3.09. The molecule has 1 unspecified atom stereocenters. The molecule has 0 aliphatic heterocycles. The summed E-state index contributed by atoms with van der Waals surface area (Å²) in [4.78, 5) is 38.7. The van der Waals surface area contributed by atoms with E-state index in [9.17, 15) is 19.7 Å². The number of aromatic nitrogens is 2. The number of nitrogens with one attached hydrogen (secondary N) is 3. The van der Waals surface area contributed by atoms with E-state index in [-0.39, 0.29) is 11.7 Å². The second-order valence-corrected chi connectivity index (χ2v) is 5.17. The lowest BCUT2D eigenvalue weighted by molar-refractivity contribution is -0.385. The van der Waals surface area contributed by atoms with Crippen LogP contribution in [0.2, 0.25) is 0 Å². The zero-order chi connectivity index (χ0) is 15.1. The molecule has 0 saturated heterocycles. The largest absolute Gasteiger partial charge is 0.317 e. The normalized spacial score (nSPS) is 17.7. The van der Waals surface area contributed by atoms with Crippen molar-refractivity contribution in [3.63, 3.8) is 0 Å². The van der Waals surface area contributed by atoms with Gasteiger partial charge in [0.15, 0.2) is 0 Å². The summed E-state index contributed by atoms with van der Waals surface area (Å²) in [7, 11) is 1.83. The van der Waals surface area contributed by atoms with Gasteiger partial charge < -0.3 is 15.3 Å². The number of likely N-dealkylation sites (N-methyl/N-ethyl adjacent to an activating group) is 1. The van der Waals surface area contributed by atoms with Crippen molar-refractivity contribution in [2.75, 3.05) is 7.05 Å². The van der Waals surface area contributed by atoms with Crippen molar-refractivity contribution in [1.82, 2.24) is 15.3 Å². The number of nitro groups is 1. The molecule has 2 aromatic rings. The molecule has 0 saturated carbocycles. The molecule has 110 valence electrons. The maximum Gasteiger partial charge on any atom is 0.314 e. The standard InChI is InChI=1S/C13H14N4O4/c1-14-6-2-3-7-8(4-6)11-9(5-10(7)17(20)21)15-12(18)13(19)16-11/h5-6,14H,2-4H2,1H3,(H,15,18)(H,16,19). The third-order valence-corrected chi connectivity index (χ3v) is 4.02. The predicted octanol–water partition coefficient (Wildman–Crippen LogP) is 0.201. The molecule has 1 aromatic heterocycles. The monoisotopic (exact) mass is 290 g/mol. The van der Waals surface area contributed by atoms with Crippen LogP contribution in [0.4, 0.5) is 5.69 Å². The Labute approximate surface area is 118 Å². The van der Waals surface area contributed by atoms with Crippen molar-refractivity contribution >= 4 is 16.7 Å². The summed E-state index contributed by atoms with van der Waals surface area (Å²) in [6.07, 6.45) is 1.93. The van der Waals surface area contributed by atoms with E-state index in [4.69, 9.17) is 0 Å². The highest BCUT2D eigenvalue weighted by atomic mass is 16.6. The molecule has 1 heterocycles. The van der Waals surface area contributed by atoms with Gasteiger partial charge >= 0.3 is 11.1 Å². The topological polar surface area (TPSA) is 121 Å². The van der Waals surface area contributed by atoms with Crippen molar-refractivity contribution in [3.8, 4) is 0 Å². The van der Waals surface area contributed by atoms with E-state index in [1.165, 1.54) is 6.07 Å². The number of hydrogen-bond donors (Lipinski definition) is 3. The lowest BCUT2D eigenvalue weighted by atomic mass is 9.86. The van der Waals surface area contributed by atoms with Crippen LogP contribution >= 0.6 is 0 Å². The summed E-state index contributed by atoms with van der Waals surface area (Å²) in [5, 5.41) is 14.4. The van der Waals surface area contributed by atoms with Gasteiger partial charge in [0, 0.05) is 17.7 Å². The minimum absolute atomic E-state index is 0.00486. The van der Waals surface area contributed by atoms with Crippen LogP contribution in [0, 0.1) is 10.1 Å². The summed E-state index contributed by atoms with van der Waals surface area (Å²) in [6, 6.07) is 1.52. The van der Waals surface area contributed by atoms with Crippen LogP contribution in [0.1, 0.15) is 17.5 Å². The van der Waals surface area contributed by atoms with Crippen LogP contribution in [0.25, 0.3) is 11.0 Å². The van der Waals surface area contributed by atoms with E-state index in [1.54, 1.807) is 0 Å². The van der Waals surface area contributed by atoms with Gasteiger partial charge in [-0.3, -0.25) is 19.7 Å². The summed E-state index contributed by atoms with van der Waals surface area (Å²) in [5.74, 6) is 0. The molecule has 1 atom stereocenters. The van der Waals surface area contributed by atoms with Crippen LogP contribution < -0.4 is 16.4 Å². The van der Waals surface area contributed by atoms with Gasteiger partial charge in [-0.05, 0) is 31.9 Å². The minimum Gasteiger partial charge on any atom is -0.317 e. The Morgan fingerprint density at radius 1 is 1.29 bits per heavy atom. The van der Waals surface area contributed by atoms with Gasteiger partial charge in [-0.2, -0.15) is 0 Å². The van der Waals surface area contributed by atoms with Crippen molar-refractivity contribution < 1.29 is 4.92 Å². The summed E-state index contributed by atoms with van der Waals surface area (Å²) in [6.45, 7) is 0. The zero-order valence-electron chi connectivity index (χ0n) is 11.4. The number of rotatable bonds is 2. The zero-order valence-corrected chi connectivity index (χ0v) is 11.4. The van der Waals surface area contributed by atoms with Gasteiger partial charge in [0.2, 0.25) is 0 Å². The number of nitrogens with zero attached hydrogens (tertiary/aromatic N) is 1. The molecule has 0 radical (unpaired) electrons. The van der Waals surface area contributed by atoms with Gasteiger partial charge in [-0.25, -0.2) is 0 Å². The maximum atomic E-state index is 11.5. The molecule has 1 aliphatic carbocycles. The van der Waals surface area contributed by atoms with E-state index in [2.05, 4.69) is 15.3 Å². The van der Waals surface area contributed by atoms with E-state index in [1.807, 2.05) is 7.05 Å². The van der Waals surface area contributed by atoms with Crippen LogP contribution in [-0.4, -0.2) is 28.0 Å². The molecule has 1 aromatic carbocycles. The maximum absolute atomic E-state index is 11.5. The quantitative estimate of drug-likeness (QED) is 0.414. The van der Waals surface area contributed by atoms with E-state index < -0.39 is 16.0 Å². The molecule has 0 amide bonds. The van der Waals surface area contributed by atoms with Gasteiger partial charge in [0.1, 0.15) is 0 Å². The smallest absolute Gasteiger partial charge is 0.314 e. The van der Waals surface area contributed by atoms with E-state index >= 15 is 0 Å². The summed E-state index contributed by atoms with van der Waals surface area (Å²) in [5.41, 5.74) is 0.597. The van der Waals surface area contributed by atoms with Crippen LogP contribution in [0.15, 0.2) is 15.7 Å². The van der Waals surface area contributed by atoms with Crippen LogP contribution in [0.3, 0.4) is 0 Å². The Morgan fingerprint density at radius 2 is 2.00 bits per heavy atom. The second kappa shape index (κ2) is 4.81. The molecule has 3 N–H and O–H groups in total. The molecule has 1 aliphatic rings. The summed E-state index contributed by atoms with van der Waals surface area (Å²) < 4.78 is 0. The number of hydrogen-bond acceptors (Lipinski definition) is 5. The molecular formula is C13H14N4O4. The number of nitro benzene ring substituents is 1. The highest BCUT2D eigenvalue weighted by Gasteiger charge is 2.27. The molecule has 8 heteroatoms. The fourth-order valence-electron chi connectivity index (χ4n) is 2.94. The first kappa shape index (κ1) is 13.5. The van der Waals surface area contributed by atoms with Gasteiger partial charge in [-0.15, -0.1) is 0 Å². The first-order valence-corrected chi connectivity index (χ1v) is 6.64. The average Bonchev–Trinajstić information content (AvgIpc) is 2.47. The third-order valence-electron chi connectivity index (χ3n) is 4.02. The lowest BCUT2D eigenvalue weighted by Crippen LogP contribution is -2.34. The second-order valence-electron chi connectivity index (χ2n) is 5.17. The lowest BCUT2D eigenvalue weighted by Gasteiger charge is -2.24. The molecule has 0 fully saturated rings. The first-order chi connectivity index (χ1) is 10.0. The molecule has 8 nitrogen and oxygen atoms in total. The molecule has 0 spiro atoms. The highest BCUT2D eigenvalue weighted by molar-refractivity contribution is 5.83. The predicted molar refractivity (Wildman–Crippen MR) is 76.7 cm³/mol. The molecule has 3 rings (SSSR count). The minimum atomic E-state index is -0.808. The van der Waals surface area contributed by atoms with Crippen LogP contribution in [-0.2, 0) is 12.8 Å². The fourth-order valence-corrected chi connectivity index (χ4v) is 2.94. The Morgan fingerprint density at radius 3 is 2.67 bits per heavy atom. The summed E-state index contributed by atoms with van der Waals surface area (Å²) >= 11 is 0. The van der Waals surface area contributed by atoms with Gasteiger partial charge in [0.05, 0.1) is 16.0 Å². The fraction of sp³-hybridized carbons (Fsp3) is 0.385. The van der Waals surface area contributed by atoms with Crippen molar-refractivity contribution in [1.29, 1.82) is 0 Å².